The first-order valence-corrected chi connectivity index (χ1v) is 9.32. The largest absolute Gasteiger partial charge is 0.459 e. The Balaban J connectivity index is 1.52. The van der Waals surface area contributed by atoms with E-state index in [9.17, 15) is 24.5 Å². The summed E-state index contributed by atoms with van der Waals surface area (Å²) in [6, 6.07) is 10.1. The van der Waals surface area contributed by atoms with Crippen molar-refractivity contribution < 1.29 is 28.5 Å². The zero-order chi connectivity index (χ0) is 21.7. The fourth-order valence-electron chi connectivity index (χ4n) is 2.39. The number of hydrogen-bond donors (Lipinski definition) is 2. The van der Waals surface area contributed by atoms with Crippen molar-refractivity contribution in [1.82, 2.24) is 0 Å². The van der Waals surface area contributed by atoms with Crippen molar-refractivity contribution in [3.8, 4) is 0 Å². The van der Waals surface area contributed by atoms with E-state index < -0.39 is 29.3 Å². The molecule has 10 nitrogen and oxygen atoms in total. The van der Waals surface area contributed by atoms with Gasteiger partial charge in [-0.2, -0.15) is 0 Å². The van der Waals surface area contributed by atoms with Gasteiger partial charge in [-0.3, -0.25) is 19.7 Å². The number of nitro benzene ring substituents is 1. The topological polar surface area (TPSA) is 141 Å². The van der Waals surface area contributed by atoms with Crippen LogP contribution in [-0.2, 0) is 9.53 Å². The number of carbonyl (C=O) groups is 3. The Kier molecular flexibility index (Phi) is 6.23. The summed E-state index contributed by atoms with van der Waals surface area (Å²) in [6.45, 7) is 1.07. The Hall–Kier alpha value is -3.99. The molecule has 0 radical (unpaired) electrons. The molecule has 0 spiro atoms. The number of rotatable bonds is 7. The molecule has 2 heterocycles. The van der Waals surface area contributed by atoms with Crippen LogP contribution in [0.25, 0.3) is 0 Å². The average molecular weight is 429 g/mol. The van der Waals surface area contributed by atoms with Gasteiger partial charge >= 0.3 is 5.97 Å². The zero-order valence-corrected chi connectivity index (χ0v) is 16.4. The van der Waals surface area contributed by atoms with E-state index in [0.29, 0.717) is 16.3 Å². The van der Waals surface area contributed by atoms with Gasteiger partial charge in [0.05, 0.1) is 16.2 Å². The fraction of sp³-hybridized carbons (Fsp3) is 0.105. The first-order chi connectivity index (χ1) is 14.3. The van der Waals surface area contributed by atoms with E-state index >= 15 is 0 Å². The maximum Gasteiger partial charge on any atom is 0.348 e. The standard InChI is InChI=1S/C19H15N3O7S/c1-11-9-12(22(26)27)4-5-13(11)20-16(23)10-29-19(25)15-6-7-17(30-15)21-18(24)14-3-2-8-28-14/h2-9H,10H2,1H3,(H,20,23)(H,21,24). The number of non-ortho nitro benzene ring substituents is 1. The van der Waals surface area contributed by atoms with Gasteiger partial charge in [-0.25, -0.2) is 4.79 Å². The van der Waals surface area contributed by atoms with Gasteiger partial charge in [0.25, 0.3) is 17.5 Å². The smallest absolute Gasteiger partial charge is 0.348 e. The molecule has 0 aliphatic heterocycles. The number of nitrogens with one attached hydrogen (secondary N) is 2. The Morgan fingerprint density at radius 3 is 2.63 bits per heavy atom. The van der Waals surface area contributed by atoms with E-state index in [1.54, 1.807) is 13.0 Å². The lowest BCUT2D eigenvalue weighted by molar-refractivity contribution is -0.384. The lowest BCUT2D eigenvalue weighted by Crippen LogP contribution is -2.21. The molecule has 154 valence electrons. The van der Waals surface area contributed by atoms with Crippen molar-refractivity contribution >= 4 is 45.5 Å². The second-order valence-corrected chi connectivity index (χ2v) is 7.06. The van der Waals surface area contributed by atoms with Crippen molar-refractivity contribution in [2.75, 3.05) is 17.2 Å². The highest BCUT2D eigenvalue weighted by Crippen LogP contribution is 2.24. The first-order valence-electron chi connectivity index (χ1n) is 8.50. The zero-order valence-electron chi connectivity index (χ0n) is 15.5. The van der Waals surface area contributed by atoms with E-state index in [1.807, 2.05) is 0 Å². The van der Waals surface area contributed by atoms with Crippen molar-refractivity contribution in [3.63, 3.8) is 0 Å². The second-order valence-electron chi connectivity index (χ2n) is 5.98. The van der Waals surface area contributed by atoms with Crippen LogP contribution in [0.3, 0.4) is 0 Å². The van der Waals surface area contributed by atoms with Crippen LogP contribution in [0.5, 0.6) is 0 Å². The maximum absolute atomic E-state index is 12.1. The number of hydrogen-bond acceptors (Lipinski definition) is 8. The highest BCUT2D eigenvalue weighted by Gasteiger charge is 2.16. The highest BCUT2D eigenvalue weighted by atomic mass is 32.1. The van der Waals surface area contributed by atoms with Gasteiger partial charge in [-0.1, -0.05) is 0 Å². The molecule has 2 aromatic heterocycles. The van der Waals surface area contributed by atoms with Crippen molar-refractivity contribution in [2.24, 2.45) is 0 Å². The molecule has 0 saturated heterocycles. The number of furan rings is 1. The molecule has 0 fully saturated rings. The van der Waals surface area contributed by atoms with Crippen LogP contribution in [0.15, 0.2) is 53.1 Å². The minimum atomic E-state index is -0.728. The third-order valence-corrected chi connectivity index (χ3v) is 4.80. The maximum atomic E-state index is 12.1. The summed E-state index contributed by atoms with van der Waals surface area (Å²) in [7, 11) is 0. The number of benzene rings is 1. The number of thiophene rings is 1. The molecule has 11 heteroatoms. The Morgan fingerprint density at radius 2 is 1.97 bits per heavy atom. The minimum absolute atomic E-state index is 0.0930. The van der Waals surface area contributed by atoms with Crippen LogP contribution in [0, 0.1) is 17.0 Å². The van der Waals surface area contributed by atoms with E-state index in [0.717, 1.165) is 11.3 Å². The van der Waals surface area contributed by atoms with Crippen LogP contribution in [0.1, 0.15) is 25.8 Å². The predicted octanol–water partition coefficient (Wildman–Crippen LogP) is 3.61. The summed E-state index contributed by atoms with van der Waals surface area (Å²) in [6.07, 6.45) is 1.37. The summed E-state index contributed by atoms with van der Waals surface area (Å²) >= 11 is 0.985. The van der Waals surface area contributed by atoms with Crippen molar-refractivity contribution in [1.29, 1.82) is 0 Å². The predicted molar refractivity (Wildman–Crippen MR) is 108 cm³/mol. The van der Waals surface area contributed by atoms with Gasteiger partial charge in [0.2, 0.25) is 0 Å². The summed E-state index contributed by atoms with van der Waals surface area (Å²) in [5.74, 6) is -1.65. The van der Waals surface area contributed by atoms with Crippen LogP contribution in [-0.4, -0.2) is 29.3 Å². The van der Waals surface area contributed by atoms with Crippen LogP contribution in [0.2, 0.25) is 0 Å². The molecular formula is C19H15N3O7S. The second kappa shape index (κ2) is 9.01. The minimum Gasteiger partial charge on any atom is -0.459 e. The summed E-state index contributed by atoms with van der Waals surface area (Å²) in [5, 5.41) is 16.3. The van der Waals surface area contributed by atoms with E-state index in [1.165, 1.54) is 42.7 Å². The number of ether oxygens (including phenoxy) is 1. The van der Waals surface area contributed by atoms with E-state index in [2.05, 4.69) is 10.6 Å². The molecule has 2 N–H and O–H groups in total. The van der Waals surface area contributed by atoms with Crippen molar-refractivity contribution in [2.45, 2.75) is 6.92 Å². The lowest BCUT2D eigenvalue weighted by atomic mass is 10.2. The molecule has 2 amide bonds. The van der Waals surface area contributed by atoms with Crippen LogP contribution >= 0.6 is 11.3 Å². The Bertz CT molecular complexity index is 1110. The molecule has 0 aliphatic carbocycles. The third-order valence-electron chi connectivity index (χ3n) is 3.82. The molecule has 30 heavy (non-hydrogen) atoms. The molecule has 0 saturated carbocycles. The van der Waals surface area contributed by atoms with Crippen LogP contribution < -0.4 is 10.6 Å². The average Bonchev–Trinajstić information content (AvgIpc) is 3.39. The Morgan fingerprint density at radius 1 is 1.17 bits per heavy atom. The molecular weight excluding hydrogens is 414 g/mol. The molecule has 0 unspecified atom stereocenters. The summed E-state index contributed by atoms with van der Waals surface area (Å²) < 4.78 is 9.96. The number of nitro groups is 1. The number of esters is 1. The van der Waals surface area contributed by atoms with Gasteiger partial charge in [0.15, 0.2) is 12.4 Å². The number of aryl methyl sites for hydroxylation is 1. The monoisotopic (exact) mass is 429 g/mol. The number of anilines is 2. The van der Waals surface area contributed by atoms with Gasteiger partial charge in [-0.05, 0) is 42.8 Å². The molecule has 3 aromatic rings. The number of amides is 2. The molecule has 0 bridgehead atoms. The third kappa shape index (κ3) is 5.08. The first kappa shape index (κ1) is 20.7. The normalized spacial score (nSPS) is 10.3. The number of nitrogens with zero attached hydrogens (tertiary/aromatic N) is 1. The van der Waals surface area contributed by atoms with Crippen molar-refractivity contribution in [3.05, 3.63) is 75.0 Å². The van der Waals surface area contributed by atoms with Crippen LogP contribution in [0.4, 0.5) is 16.4 Å². The van der Waals surface area contributed by atoms with E-state index in [-0.39, 0.29) is 16.3 Å². The Labute approximate surface area is 173 Å². The quantitative estimate of drug-likeness (QED) is 0.332. The van der Waals surface area contributed by atoms with Gasteiger partial charge in [0, 0.05) is 17.8 Å². The molecule has 1 aromatic carbocycles. The highest BCUT2D eigenvalue weighted by molar-refractivity contribution is 7.18. The summed E-state index contributed by atoms with van der Waals surface area (Å²) in [5.41, 5.74) is 0.782. The van der Waals surface area contributed by atoms with E-state index in [4.69, 9.17) is 9.15 Å². The molecule has 3 rings (SSSR count). The summed E-state index contributed by atoms with van der Waals surface area (Å²) in [4.78, 5) is 46.5. The van der Waals surface area contributed by atoms with Gasteiger partial charge in [0.1, 0.15) is 4.88 Å². The SMILES string of the molecule is Cc1cc([N+](=O)[O-])ccc1NC(=O)COC(=O)c1ccc(NC(=O)c2ccco2)s1. The van der Waals surface area contributed by atoms with Gasteiger partial charge < -0.3 is 19.8 Å². The number of carbonyl (C=O) groups excluding carboxylic acids is 3. The fourth-order valence-corrected chi connectivity index (χ4v) is 3.18. The molecule has 0 aliphatic rings. The lowest BCUT2D eigenvalue weighted by Gasteiger charge is -2.08. The van der Waals surface area contributed by atoms with Gasteiger partial charge in [-0.15, -0.1) is 11.3 Å². The molecule has 0 atom stereocenters.